The largest absolute Gasteiger partial charge is 0.444 e. The highest BCUT2D eigenvalue weighted by atomic mass is 28.4. The molecule has 0 bridgehead atoms. The summed E-state index contributed by atoms with van der Waals surface area (Å²) in [6.45, 7) is 37.1. The molecular formula is C68H128N8O8Si. The lowest BCUT2D eigenvalue weighted by molar-refractivity contribution is -0.106. The maximum atomic E-state index is 12.1. The Kier molecular flexibility index (Phi) is 26.6. The number of carbonyl (C=O) groups is 3. The van der Waals surface area contributed by atoms with Crippen molar-refractivity contribution in [2.24, 2.45) is 35.3 Å². The van der Waals surface area contributed by atoms with Gasteiger partial charge in [-0.1, -0.05) is 25.7 Å². The molecule has 16 nitrogen and oxygen atoms in total. The normalized spacial score (nSPS) is 25.8. The number of carbonyl (C=O) groups excluding carboxylic acids is 3. The second kappa shape index (κ2) is 32.2. The molecule has 3 atom stereocenters. The van der Waals surface area contributed by atoms with Crippen molar-refractivity contribution in [3.05, 3.63) is 0 Å². The van der Waals surface area contributed by atoms with E-state index in [2.05, 4.69) is 40.1 Å². The Morgan fingerprint density at radius 2 is 0.824 bits per heavy atom. The van der Waals surface area contributed by atoms with Gasteiger partial charge in [0.25, 0.3) is 0 Å². The minimum absolute atomic E-state index is 0.135. The van der Waals surface area contributed by atoms with Crippen LogP contribution >= 0.6 is 0 Å². The number of amides is 3. The molecule has 9 saturated carbocycles. The minimum Gasteiger partial charge on any atom is -0.444 e. The van der Waals surface area contributed by atoms with Gasteiger partial charge in [0.2, 0.25) is 0 Å². The van der Waals surface area contributed by atoms with Gasteiger partial charge in [0.1, 0.15) is 16.8 Å². The van der Waals surface area contributed by atoms with Gasteiger partial charge in [-0.15, -0.1) is 0 Å². The predicted molar refractivity (Wildman–Crippen MR) is 346 cm³/mol. The van der Waals surface area contributed by atoms with Crippen molar-refractivity contribution in [3.63, 3.8) is 0 Å². The van der Waals surface area contributed by atoms with E-state index in [1.165, 1.54) is 148 Å². The molecule has 0 aromatic rings. The number of nitrogens with one attached hydrogen (secondary N) is 2. The summed E-state index contributed by atoms with van der Waals surface area (Å²) in [5.41, 5.74) is 4.37. The van der Waals surface area contributed by atoms with Gasteiger partial charge in [-0.05, 0) is 260 Å². The molecule has 3 heterocycles. The summed E-state index contributed by atoms with van der Waals surface area (Å²) in [4.78, 5) is 46.6. The van der Waals surface area contributed by atoms with Crippen LogP contribution < -0.4 is 16.4 Å². The van der Waals surface area contributed by atoms with Crippen molar-refractivity contribution < 1.29 is 37.8 Å². The van der Waals surface area contributed by atoms with Crippen LogP contribution in [-0.4, -0.2) is 189 Å². The SMILES string of the molecule is C1CCC(CN(C2CC2)C2CC2)C1.C1CCC(CNC2CC2)C1.CC(C)(C)OC(=O)N1CC[C@@H](CN(C2CC2)C2CC2)C1.CC(C)(C)OC(=O)N1CC[C@@H](CN)C1.CC(C)(C)OC(=O)N1CC[C@@H](CNC2CC2)C1.CCOC1(O[Si](C)(C)C)CC1. The maximum Gasteiger partial charge on any atom is 0.410 e. The molecule has 3 amide bonds. The first-order chi connectivity index (χ1) is 40.1. The van der Waals surface area contributed by atoms with Crippen molar-refractivity contribution in [2.45, 2.75) is 308 Å². The van der Waals surface area contributed by atoms with Crippen LogP contribution in [0.3, 0.4) is 0 Å². The monoisotopic (exact) mass is 1210 g/mol. The predicted octanol–water partition coefficient (Wildman–Crippen LogP) is 13.2. The van der Waals surface area contributed by atoms with Gasteiger partial charge in [0.05, 0.1) is 0 Å². The maximum absolute atomic E-state index is 12.1. The standard InChI is InChI=1S/C16H28N2O2.C13H24N2O2.C12H21N.C10H20N2O2.C9H17N.C8H18O2Si/c1-16(2,3)20-15(19)17-9-8-12(10-17)11-18(13-4-5-13)14-6-7-14;1-13(2,3)17-12(16)15-7-6-10(9-15)8-14-11-4-5-11;1-2-4-10(3-1)9-13(11-5-6-11)12-7-8-12;1-10(2,3)14-9(13)12-5-4-8(6-11)7-12;1-2-4-8(3-1)7-10-9-5-6-9;1-5-9-8(6-7-8)10-11(2,3)4/h12-14H,4-11H2,1-3H3;10-11,14H,4-9H2,1-3H3;10-12H,1-9H2;8H,4-7,11H2,1-3H3;8-10H,1-7H2;5-7H2,1-4H3/t12-;10-;;8-;;/m10.0../s1. The zero-order chi connectivity index (χ0) is 61.6. The van der Waals surface area contributed by atoms with E-state index in [0.717, 1.165) is 133 Å². The summed E-state index contributed by atoms with van der Waals surface area (Å²) in [5.74, 6) is 3.63. The van der Waals surface area contributed by atoms with Crippen LogP contribution in [0.1, 0.15) is 230 Å². The van der Waals surface area contributed by atoms with Gasteiger partial charge in [-0.25, -0.2) is 14.4 Å². The third-order valence-electron chi connectivity index (χ3n) is 18.2. The fourth-order valence-electron chi connectivity index (χ4n) is 12.7. The van der Waals surface area contributed by atoms with Crippen LogP contribution in [0.2, 0.25) is 19.6 Å². The van der Waals surface area contributed by atoms with Crippen LogP contribution in [0.5, 0.6) is 0 Å². The van der Waals surface area contributed by atoms with E-state index in [4.69, 9.17) is 29.1 Å². The van der Waals surface area contributed by atoms with Crippen molar-refractivity contribution in [3.8, 4) is 0 Å². The Labute approximate surface area is 519 Å². The Hall–Kier alpha value is -2.25. The first-order valence-electron chi connectivity index (χ1n) is 35.1. The summed E-state index contributed by atoms with van der Waals surface area (Å²) < 4.78 is 27.5. The Balaban J connectivity index is 0.000000148. The number of ether oxygens (including phenoxy) is 4. The number of likely N-dealkylation sites (tertiary alicyclic amines) is 3. The number of nitrogens with two attached hydrogens (primary N) is 1. The van der Waals surface area contributed by atoms with E-state index >= 15 is 0 Å². The molecule has 492 valence electrons. The number of nitrogens with zero attached hydrogens (tertiary/aromatic N) is 5. The second-order valence-corrected chi connectivity index (χ2v) is 36.5. The molecule has 0 aromatic heterocycles. The van der Waals surface area contributed by atoms with Gasteiger partial charge in [-0.3, -0.25) is 9.80 Å². The number of hydrogen-bond acceptors (Lipinski definition) is 13. The average molecular weight is 1210 g/mol. The molecule has 3 aliphatic heterocycles. The zero-order valence-electron chi connectivity index (χ0n) is 56.6. The molecule has 12 aliphatic rings. The molecule has 0 unspecified atom stereocenters. The summed E-state index contributed by atoms with van der Waals surface area (Å²) in [5, 5.41) is 7.13. The van der Waals surface area contributed by atoms with Crippen molar-refractivity contribution in [1.82, 2.24) is 35.1 Å². The van der Waals surface area contributed by atoms with E-state index in [0.29, 0.717) is 24.3 Å². The lowest BCUT2D eigenvalue weighted by Gasteiger charge is -2.26. The summed E-state index contributed by atoms with van der Waals surface area (Å²) in [6, 6.07) is 5.43. The highest BCUT2D eigenvalue weighted by molar-refractivity contribution is 6.69. The van der Waals surface area contributed by atoms with Gasteiger partial charge in [0, 0.05) is 108 Å². The molecule has 12 rings (SSSR count). The smallest absolute Gasteiger partial charge is 0.410 e. The van der Waals surface area contributed by atoms with Crippen molar-refractivity contribution in [2.75, 3.05) is 78.6 Å². The lowest BCUT2D eigenvalue weighted by atomic mass is 10.1. The molecule has 0 radical (unpaired) electrons. The van der Waals surface area contributed by atoms with Crippen LogP contribution in [0.4, 0.5) is 14.4 Å². The minimum atomic E-state index is -1.39. The summed E-state index contributed by atoms with van der Waals surface area (Å²) >= 11 is 0. The van der Waals surface area contributed by atoms with Crippen LogP contribution in [0.25, 0.3) is 0 Å². The van der Waals surface area contributed by atoms with E-state index in [9.17, 15) is 14.4 Å². The molecule has 85 heavy (non-hydrogen) atoms. The first-order valence-corrected chi connectivity index (χ1v) is 38.5. The highest BCUT2D eigenvalue weighted by Gasteiger charge is 2.48. The van der Waals surface area contributed by atoms with Crippen molar-refractivity contribution >= 4 is 26.6 Å². The first kappa shape index (κ1) is 70.2. The molecular weight excluding hydrogens is 1080 g/mol. The summed E-state index contributed by atoms with van der Waals surface area (Å²) in [7, 11) is -1.39. The molecule has 9 aliphatic carbocycles. The van der Waals surface area contributed by atoms with Gasteiger partial charge in [0.15, 0.2) is 14.1 Å². The highest BCUT2D eigenvalue weighted by Crippen LogP contribution is 2.43. The molecule has 3 saturated heterocycles. The van der Waals surface area contributed by atoms with E-state index in [1.807, 2.05) is 79.0 Å². The third kappa shape index (κ3) is 28.6. The molecule has 12 fully saturated rings. The number of hydrogen-bond donors (Lipinski definition) is 3. The van der Waals surface area contributed by atoms with Crippen LogP contribution in [-0.2, 0) is 23.4 Å². The quantitative estimate of drug-likeness (QED) is 0.0637. The van der Waals surface area contributed by atoms with Gasteiger partial charge >= 0.3 is 18.3 Å². The van der Waals surface area contributed by atoms with Crippen LogP contribution in [0, 0.1) is 29.6 Å². The molecule has 4 N–H and O–H groups in total. The Bertz CT molecular complexity index is 1960. The molecule has 0 spiro atoms. The van der Waals surface area contributed by atoms with E-state index < -0.39 is 13.9 Å². The fourth-order valence-corrected chi connectivity index (χ4v) is 14.1. The topological polar surface area (TPSA) is 164 Å². The van der Waals surface area contributed by atoms with Crippen molar-refractivity contribution in [1.29, 1.82) is 0 Å². The van der Waals surface area contributed by atoms with E-state index in [1.54, 1.807) is 4.90 Å². The molecule has 17 heteroatoms. The Morgan fingerprint density at radius 3 is 1.15 bits per heavy atom. The third-order valence-corrected chi connectivity index (χ3v) is 19.2. The Morgan fingerprint density at radius 1 is 0.482 bits per heavy atom. The summed E-state index contributed by atoms with van der Waals surface area (Å²) in [6.07, 6.45) is 34.0. The van der Waals surface area contributed by atoms with Gasteiger partial charge < -0.3 is 54.4 Å². The van der Waals surface area contributed by atoms with E-state index in [-0.39, 0.29) is 35.3 Å². The van der Waals surface area contributed by atoms with Gasteiger partial charge in [-0.2, -0.15) is 0 Å². The zero-order valence-corrected chi connectivity index (χ0v) is 57.6. The fraction of sp³-hybridized carbons (Fsp3) is 0.956. The van der Waals surface area contributed by atoms with Crippen LogP contribution in [0.15, 0.2) is 0 Å². The number of rotatable bonds is 19. The average Bonchev–Trinajstić information content (AvgIpc) is 3.11. The molecule has 0 aromatic carbocycles. The second-order valence-electron chi connectivity index (χ2n) is 32.0. The lowest BCUT2D eigenvalue weighted by Crippen LogP contribution is -2.37.